The van der Waals surface area contributed by atoms with Gasteiger partial charge in [-0.3, -0.25) is 4.79 Å². The summed E-state index contributed by atoms with van der Waals surface area (Å²) >= 11 is 0. The molecule has 158 valence electrons. The zero-order chi connectivity index (χ0) is 21.5. The molecule has 0 aromatic heterocycles. The summed E-state index contributed by atoms with van der Waals surface area (Å²) in [5, 5.41) is 20.3. The fraction of sp³-hybridized carbons (Fsp3) is 0.609. The van der Waals surface area contributed by atoms with E-state index >= 15 is 0 Å². The van der Waals surface area contributed by atoms with Crippen LogP contribution < -0.4 is 0 Å². The average Bonchev–Trinajstić information content (AvgIpc) is 2.85. The highest BCUT2D eigenvalue weighted by Crippen LogP contribution is 2.48. The van der Waals surface area contributed by atoms with E-state index in [1.807, 2.05) is 6.08 Å². The van der Waals surface area contributed by atoms with Crippen LogP contribution in [0.4, 0.5) is 0 Å². The number of carbonyl (C=O) groups is 3. The topological polar surface area (TPSA) is 101 Å². The van der Waals surface area contributed by atoms with Gasteiger partial charge < -0.3 is 14.9 Å². The molecule has 3 aliphatic rings. The fourth-order valence-corrected chi connectivity index (χ4v) is 5.19. The number of allylic oxidation sites excluding steroid dienone is 2. The van der Waals surface area contributed by atoms with E-state index in [2.05, 4.69) is 13.8 Å². The number of aliphatic hydroxyl groups is 1. The number of aliphatic carboxylic acids is 1. The summed E-state index contributed by atoms with van der Waals surface area (Å²) in [5.41, 5.74) is -0.985. The zero-order valence-corrected chi connectivity index (χ0v) is 17.5. The summed E-state index contributed by atoms with van der Waals surface area (Å²) in [6.07, 6.45) is 6.85. The number of rotatable bonds is 1. The Morgan fingerprint density at radius 2 is 1.86 bits per heavy atom. The van der Waals surface area contributed by atoms with E-state index in [-0.39, 0.29) is 29.2 Å². The molecule has 3 rings (SSSR count). The van der Waals surface area contributed by atoms with Crippen LogP contribution in [-0.2, 0) is 19.1 Å². The van der Waals surface area contributed by atoms with E-state index in [4.69, 9.17) is 4.74 Å². The van der Waals surface area contributed by atoms with Gasteiger partial charge in [0.25, 0.3) is 0 Å². The van der Waals surface area contributed by atoms with Gasteiger partial charge in [-0.15, -0.1) is 0 Å². The highest BCUT2D eigenvalue weighted by Gasteiger charge is 2.59. The molecule has 5 atom stereocenters. The summed E-state index contributed by atoms with van der Waals surface area (Å²) < 4.78 is 5.67. The molecule has 2 N–H and O–H groups in total. The Balaban J connectivity index is 2.15. The maximum absolute atomic E-state index is 13.4. The van der Waals surface area contributed by atoms with Crippen LogP contribution in [0, 0.1) is 23.7 Å². The predicted octanol–water partition coefficient (Wildman–Crippen LogP) is 4.12. The second-order valence-electron chi connectivity index (χ2n) is 9.07. The van der Waals surface area contributed by atoms with Crippen molar-refractivity contribution in [2.45, 2.75) is 65.4 Å². The molecular weight excluding hydrogens is 372 g/mol. The molecule has 0 unspecified atom stereocenters. The summed E-state index contributed by atoms with van der Waals surface area (Å²) in [5.74, 6) is -2.98. The third kappa shape index (κ3) is 3.77. The number of fused-ring (bicyclic) bond motifs is 1. The Labute approximate surface area is 171 Å². The van der Waals surface area contributed by atoms with Gasteiger partial charge >= 0.3 is 11.9 Å². The minimum absolute atomic E-state index is 0.117. The first-order valence-electron chi connectivity index (χ1n) is 10.4. The first kappa shape index (κ1) is 21.3. The molecule has 29 heavy (non-hydrogen) atoms. The van der Waals surface area contributed by atoms with Crippen molar-refractivity contribution in [2.75, 3.05) is 0 Å². The second-order valence-corrected chi connectivity index (χ2v) is 9.07. The molecule has 0 amide bonds. The molecule has 1 fully saturated rings. The zero-order valence-electron chi connectivity index (χ0n) is 17.5. The van der Waals surface area contributed by atoms with Crippen LogP contribution in [0.2, 0.25) is 0 Å². The third-order valence-electron chi connectivity index (χ3n) is 6.59. The van der Waals surface area contributed by atoms with Crippen LogP contribution in [0.15, 0.2) is 34.6 Å². The normalized spacial score (nSPS) is 40.4. The Hall–Kier alpha value is -2.37. The van der Waals surface area contributed by atoms with E-state index in [1.54, 1.807) is 19.9 Å². The Bertz CT molecular complexity index is 832. The molecule has 6 heteroatoms. The van der Waals surface area contributed by atoms with Crippen LogP contribution in [-0.4, -0.2) is 33.5 Å². The molecule has 1 heterocycles. The van der Waals surface area contributed by atoms with Crippen molar-refractivity contribution < 1.29 is 29.3 Å². The van der Waals surface area contributed by atoms with Crippen LogP contribution in [0.3, 0.4) is 0 Å². The number of esters is 1. The summed E-state index contributed by atoms with van der Waals surface area (Å²) in [6, 6.07) is 0. The number of ether oxygens (including phenoxy) is 1. The molecule has 2 aliphatic carbocycles. The maximum atomic E-state index is 13.4. The van der Waals surface area contributed by atoms with Crippen molar-refractivity contribution in [1.29, 1.82) is 0 Å². The molecular formula is C23H30O6. The first-order valence-corrected chi connectivity index (χ1v) is 10.4. The van der Waals surface area contributed by atoms with Gasteiger partial charge in [0.2, 0.25) is 5.78 Å². The van der Waals surface area contributed by atoms with E-state index in [9.17, 15) is 24.6 Å². The fourth-order valence-electron chi connectivity index (χ4n) is 5.19. The van der Waals surface area contributed by atoms with Crippen molar-refractivity contribution in [3.05, 3.63) is 34.6 Å². The Morgan fingerprint density at radius 1 is 1.17 bits per heavy atom. The Kier molecular flexibility index (Phi) is 5.74. The standard InChI is InChI=1S/C23H30O6/c1-12-6-5-7-16-10-17(21(26)27)15(4)11-23(16)20(25)18(22(28)29-23)19(24)14(3)9-13(2)8-12/h9-10,12-13,15-16,24H,5-8,11H2,1-4H3,(H,26,27)/b14-9+,19-18-/t12-,13-,15+,16+,23+/m1/s1. The number of Topliss-reactive ketones (excluding diaryl/α,β-unsaturated/α-hetero) is 1. The van der Waals surface area contributed by atoms with Gasteiger partial charge in [0.15, 0.2) is 5.60 Å². The number of carboxylic acid groups (broad SMARTS) is 1. The number of carbonyl (C=O) groups excluding carboxylic acids is 2. The average molecular weight is 402 g/mol. The first-order chi connectivity index (χ1) is 13.6. The monoisotopic (exact) mass is 402 g/mol. The van der Waals surface area contributed by atoms with Gasteiger partial charge in [0, 0.05) is 17.9 Å². The minimum atomic E-state index is -1.43. The molecule has 2 bridgehead atoms. The van der Waals surface area contributed by atoms with Crippen molar-refractivity contribution >= 4 is 17.7 Å². The van der Waals surface area contributed by atoms with Crippen LogP contribution >= 0.6 is 0 Å². The van der Waals surface area contributed by atoms with Gasteiger partial charge in [-0.2, -0.15) is 0 Å². The van der Waals surface area contributed by atoms with Crippen molar-refractivity contribution in [3.63, 3.8) is 0 Å². The minimum Gasteiger partial charge on any atom is -0.507 e. The van der Waals surface area contributed by atoms with E-state index < -0.39 is 35.2 Å². The quantitative estimate of drug-likeness (QED) is 0.505. The lowest BCUT2D eigenvalue weighted by atomic mass is 9.68. The number of carboxylic acids is 1. The van der Waals surface area contributed by atoms with Gasteiger partial charge in [-0.25, -0.2) is 9.59 Å². The Morgan fingerprint density at radius 3 is 2.52 bits per heavy atom. The predicted molar refractivity (Wildman–Crippen MR) is 107 cm³/mol. The van der Waals surface area contributed by atoms with Gasteiger partial charge in [0.05, 0.1) is 0 Å². The highest BCUT2D eigenvalue weighted by molar-refractivity contribution is 6.26. The summed E-state index contributed by atoms with van der Waals surface area (Å²) in [6.45, 7) is 7.64. The van der Waals surface area contributed by atoms with Crippen LogP contribution in [0.25, 0.3) is 0 Å². The lowest BCUT2D eigenvalue weighted by Gasteiger charge is -2.39. The number of hydrogen-bond acceptors (Lipinski definition) is 5. The number of hydrogen-bond donors (Lipinski definition) is 2. The largest absolute Gasteiger partial charge is 0.507 e. The lowest BCUT2D eigenvalue weighted by Crippen LogP contribution is -2.48. The maximum Gasteiger partial charge on any atom is 0.346 e. The van der Waals surface area contributed by atoms with E-state index in [0.717, 1.165) is 19.3 Å². The SMILES string of the molecule is CC1=C\[C@H](C)C[C@H](C)CCC[C@H]2C=C(C(=O)O)[C@@H](C)C[C@]23OC(=O)\C(=C\1O)C3=O. The number of ketones is 1. The summed E-state index contributed by atoms with van der Waals surface area (Å²) in [4.78, 5) is 37.8. The second kappa shape index (κ2) is 7.81. The van der Waals surface area contributed by atoms with Gasteiger partial charge in [-0.05, 0) is 43.1 Å². The van der Waals surface area contributed by atoms with Gasteiger partial charge in [-0.1, -0.05) is 45.8 Å². The molecule has 1 saturated heterocycles. The molecule has 1 spiro atoms. The molecule has 0 saturated carbocycles. The lowest BCUT2D eigenvalue weighted by molar-refractivity contribution is -0.158. The van der Waals surface area contributed by atoms with Crippen molar-refractivity contribution in [2.24, 2.45) is 23.7 Å². The third-order valence-corrected chi connectivity index (χ3v) is 6.59. The molecule has 0 aromatic carbocycles. The highest BCUT2D eigenvalue weighted by atomic mass is 16.6. The molecule has 6 nitrogen and oxygen atoms in total. The smallest absolute Gasteiger partial charge is 0.346 e. The molecule has 0 aromatic rings. The van der Waals surface area contributed by atoms with Crippen molar-refractivity contribution in [3.8, 4) is 0 Å². The molecule has 0 radical (unpaired) electrons. The van der Waals surface area contributed by atoms with Crippen LogP contribution in [0.1, 0.15) is 59.8 Å². The van der Waals surface area contributed by atoms with Gasteiger partial charge in [0.1, 0.15) is 11.3 Å². The summed E-state index contributed by atoms with van der Waals surface area (Å²) in [7, 11) is 0. The molecule has 1 aliphatic heterocycles. The van der Waals surface area contributed by atoms with E-state index in [0.29, 0.717) is 17.9 Å². The van der Waals surface area contributed by atoms with E-state index in [1.165, 1.54) is 0 Å². The number of aliphatic hydroxyl groups excluding tert-OH is 1. The van der Waals surface area contributed by atoms with Crippen molar-refractivity contribution in [1.82, 2.24) is 0 Å². The van der Waals surface area contributed by atoms with Crippen LogP contribution in [0.5, 0.6) is 0 Å².